The Hall–Kier alpha value is -3.36. The van der Waals surface area contributed by atoms with Crippen LogP contribution in [0.15, 0.2) is 89.8 Å². The predicted octanol–water partition coefficient (Wildman–Crippen LogP) is 4.87. The van der Waals surface area contributed by atoms with E-state index in [1.54, 1.807) is 42.5 Å². The van der Waals surface area contributed by atoms with Crippen molar-refractivity contribution in [2.45, 2.75) is 50.7 Å². The van der Waals surface area contributed by atoms with Crippen LogP contribution < -0.4 is 9.62 Å². The van der Waals surface area contributed by atoms with Crippen molar-refractivity contribution in [2.24, 2.45) is 0 Å². The van der Waals surface area contributed by atoms with Gasteiger partial charge in [0.15, 0.2) is 0 Å². The van der Waals surface area contributed by atoms with Crippen molar-refractivity contribution in [3.05, 3.63) is 95.5 Å². The lowest BCUT2D eigenvalue weighted by Gasteiger charge is -2.33. The number of para-hydroxylation sites is 1. The molecule has 1 N–H and O–H groups in total. The molecule has 0 bridgehead atoms. The van der Waals surface area contributed by atoms with Crippen molar-refractivity contribution in [3.8, 4) is 0 Å². The van der Waals surface area contributed by atoms with E-state index in [9.17, 15) is 18.0 Å². The molecule has 0 saturated carbocycles. The molecule has 0 aliphatic heterocycles. The zero-order valence-electron chi connectivity index (χ0n) is 21.2. The van der Waals surface area contributed by atoms with Crippen LogP contribution >= 0.6 is 11.6 Å². The number of hydrogen-bond donors (Lipinski definition) is 1. The lowest BCUT2D eigenvalue weighted by Crippen LogP contribution is -2.53. The number of benzene rings is 3. The van der Waals surface area contributed by atoms with Gasteiger partial charge in [0.2, 0.25) is 11.8 Å². The summed E-state index contributed by atoms with van der Waals surface area (Å²) in [5, 5.41) is 3.07. The molecule has 2 amide bonds. The van der Waals surface area contributed by atoms with Gasteiger partial charge in [-0.25, -0.2) is 8.42 Å². The summed E-state index contributed by atoms with van der Waals surface area (Å²) in [6.45, 7) is 5.13. The summed E-state index contributed by atoms with van der Waals surface area (Å²) >= 11 is 6.41. The van der Waals surface area contributed by atoms with Gasteiger partial charge in [0.05, 0.1) is 15.6 Å². The van der Waals surface area contributed by atoms with Crippen LogP contribution in [-0.2, 0) is 26.2 Å². The SMILES string of the molecule is CCC(C(=O)NC(C)C)N(Cc1ccccc1)C(=O)CN(c1ccccc1Cl)S(=O)(=O)c1ccccc1. The first-order valence-electron chi connectivity index (χ1n) is 12.1. The minimum absolute atomic E-state index is 0.0296. The smallest absolute Gasteiger partial charge is 0.264 e. The van der Waals surface area contributed by atoms with E-state index in [0.29, 0.717) is 6.42 Å². The molecule has 0 fully saturated rings. The molecular weight excluding hydrogens is 510 g/mol. The molecule has 3 rings (SSSR count). The first kappa shape index (κ1) is 28.2. The number of anilines is 1. The highest BCUT2D eigenvalue weighted by molar-refractivity contribution is 7.92. The summed E-state index contributed by atoms with van der Waals surface area (Å²) in [5.41, 5.74) is 1.00. The molecular formula is C28H32ClN3O4S. The number of hydrogen-bond acceptors (Lipinski definition) is 4. The van der Waals surface area contributed by atoms with E-state index in [1.165, 1.54) is 17.0 Å². The molecule has 9 heteroatoms. The average molecular weight is 542 g/mol. The van der Waals surface area contributed by atoms with Gasteiger partial charge < -0.3 is 10.2 Å². The van der Waals surface area contributed by atoms with Crippen molar-refractivity contribution in [1.29, 1.82) is 0 Å². The highest BCUT2D eigenvalue weighted by Gasteiger charge is 2.34. The summed E-state index contributed by atoms with van der Waals surface area (Å²) in [6, 6.07) is 22.7. The summed E-state index contributed by atoms with van der Waals surface area (Å²) in [7, 11) is -4.15. The molecule has 1 atom stereocenters. The second kappa shape index (κ2) is 12.7. The Morgan fingerprint density at radius 3 is 2.03 bits per heavy atom. The van der Waals surface area contributed by atoms with Crippen LogP contribution in [0.4, 0.5) is 5.69 Å². The van der Waals surface area contributed by atoms with Crippen LogP contribution in [0, 0.1) is 0 Å². The third-order valence-corrected chi connectivity index (χ3v) is 7.84. The molecule has 3 aromatic carbocycles. The van der Waals surface area contributed by atoms with Crippen molar-refractivity contribution in [2.75, 3.05) is 10.8 Å². The van der Waals surface area contributed by atoms with Gasteiger partial charge in [0.1, 0.15) is 12.6 Å². The van der Waals surface area contributed by atoms with Gasteiger partial charge in [-0.15, -0.1) is 0 Å². The standard InChI is InChI=1S/C28H32ClN3O4S/c1-4-25(28(34)30-21(2)3)31(19-22-13-7-5-8-14-22)27(33)20-32(26-18-12-11-17-24(26)29)37(35,36)23-15-9-6-10-16-23/h5-18,21,25H,4,19-20H2,1-3H3,(H,30,34). The average Bonchev–Trinajstić information content (AvgIpc) is 2.88. The summed E-state index contributed by atoms with van der Waals surface area (Å²) < 4.78 is 28.5. The van der Waals surface area contributed by atoms with Gasteiger partial charge in [-0.3, -0.25) is 13.9 Å². The number of carbonyl (C=O) groups is 2. The Morgan fingerprint density at radius 2 is 1.46 bits per heavy atom. The van der Waals surface area contributed by atoms with E-state index in [2.05, 4.69) is 5.32 Å². The molecule has 0 spiro atoms. The third kappa shape index (κ3) is 7.11. The maximum absolute atomic E-state index is 13.9. The van der Waals surface area contributed by atoms with Crippen LogP contribution in [0.5, 0.6) is 0 Å². The van der Waals surface area contributed by atoms with Gasteiger partial charge >= 0.3 is 0 Å². The van der Waals surface area contributed by atoms with Gasteiger partial charge in [-0.2, -0.15) is 0 Å². The lowest BCUT2D eigenvalue weighted by atomic mass is 10.1. The Balaban J connectivity index is 2.05. The third-order valence-electron chi connectivity index (χ3n) is 5.74. The summed E-state index contributed by atoms with van der Waals surface area (Å²) in [4.78, 5) is 28.5. The van der Waals surface area contributed by atoms with Crippen molar-refractivity contribution in [1.82, 2.24) is 10.2 Å². The van der Waals surface area contributed by atoms with E-state index in [-0.39, 0.29) is 34.1 Å². The Labute approximate surface area is 224 Å². The highest BCUT2D eigenvalue weighted by Crippen LogP contribution is 2.30. The van der Waals surface area contributed by atoms with Crippen molar-refractivity contribution >= 4 is 39.1 Å². The fourth-order valence-corrected chi connectivity index (χ4v) is 5.71. The zero-order valence-corrected chi connectivity index (χ0v) is 22.7. The van der Waals surface area contributed by atoms with E-state index in [1.807, 2.05) is 51.1 Å². The second-order valence-electron chi connectivity index (χ2n) is 8.87. The predicted molar refractivity (Wildman–Crippen MR) is 147 cm³/mol. The number of nitrogens with zero attached hydrogens (tertiary/aromatic N) is 2. The fraction of sp³-hybridized carbons (Fsp3) is 0.286. The number of halogens is 1. The zero-order chi connectivity index (χ0) is 27.0. The van der Waals surface area contributed by atoms with Gasteiger partial charge in [-0.05, 0) is 50.1 Å². The second-order valence-corrected chi connectivity index (χ2v) is 11.1. The fourth-order valence-electron chi connectivity index (χ4n) is 3.97. The Bertz CT molecular complexity index is 1300. The molecule has 0 saturated heterocycles. The van der Waals surface area contributed by atoms with Crippen molar-refractivity contribution < 1.29 is 18.0 Å². The minimum atomic E-state index is -4.15. The maximum atomic E-state index is 13.9. The first-order chi connectivity index (χ1) is 17.6. The monoisotopic (exact) mass is 541 g/mol. The molecule has 3 aromatic rings. The van der Waals surface area contributed by atoms with Gasteiger partial charge in [0, 0.05) is 12.6 Å². The number of amides is 2. The number of carbonyl (C=O) groups excluding carboxylic acids is 2. The molecule has 7 nitrogen and oxygen atoms in total. The van der Waals surface area contributed by atoms with Gasteiger partial charge in [0.25, 0.3) is 10.0 Å². The normalized spacial score (nSPS) is 12.1. The maximum Gasteiger partial charge on any atom is 0.264 e. The van der Waals surface area contributed by atoms with Gasteiger partial charge in [-0.1, -0.05) is 79.2 Å². The van der Waals surface area contributed by atoms with Crippen LogP contribution in [-0.4, -0.2) is 43.8 Å². The van der Waals surface area contributed by atoms with Crippen LogP contribution in [0.25, 0.3) is 0 Å². The Morgan fingerprint density at radius 1 is 0.892 bits per heavy atom. The molecule has 0 radical (unpaired) electrons. The van der Waals surface area contributed by atoms with Crippen LogP contribution in [0.1, 0.15) is 32.8 Å². The Kier molecular flexibility index (Phi) is 9.72. The van der Waals surface area contributed by atoms with E-state index >= 15 is 0 Å². The number of sulfonamides is 1. The highest BCUT2D eigenvalue weighted by atomic mass is 35.5. The number of rotatable bonds is 11. The van der Waals surface area contributed by atoms with Crippen molar-refractivity contribution in [3.63, 3.8) is 0 Å². The molecule has 0 aliphatic carbocycles. The van der Waals surface area contributed by atoms with Crippen LogP contribution in [0.2, 0.25) is 5.02 Å². The largest absolute Gasteiger partial charge is 0.352 e. The van der Waals surface area contributed by atoms with Crippen LogP contribution in [0.3, 0.4) is 0 Å². The molecule has 1 unspecified atom stereocenters. The molecule has 37 heavy (non-hydrogen) atoms. The molecule has 0 heterocycles. The summed E-state index contributed by atoms with van der Waals surface area (Å²) in [5.74, 6) is -0.814. The van der Waals surface area contributed by atoms with E-state index in [4.69, 9.17) is 11.6 Å². The first-order valence-corrected chi connectivity index (χ1v) is 13.9. The molecule has 0 aliphatic rings. The quantitative estimate of drug-likeness (QED) is 0.375. The lowest BCUT2D eigenvalue weighted by molar-refractivity contribution is -0.140. The van der Waals surface area contributed by atoms with E-state index in [0.717, 1.165) is 9.87 Å². The molecule has 196 valence electrons. The van der Waals surface area contributed by atoms with E-state index < -0.39 is 28.5 Å². The minimum Gasteiger partial charge on any atom is -0.352 e. The topological polar surface area (TPSA) is 86.8 Å². The molecule has 0 aromatic heterocycles. The number of nitrogens with one attached hydrogen (secondary N) is 1. The summed E-state index contributed by atoms with van der Waals surface area (Å²) in [6.07, 6.45) is 0.356.